The van der Waals surface area contributed by atoms with Gasteiger partial charge in [0.15, 0.2) is 0 Å². The van der Waals surface area contributed by atoms with Crippen LogP contribution in [0.4, 0.5) is 0 Å². The molecule has 2 aromatic rings. The molecule has 0 aromatic heterocycles. The Morgan fingerprint density at radius 2 is 1.58 bits per heavy atom. The lowest BCUT2D eigenvalue weighted by atomic mass is 9.76. The number of benzene rings is 2. The van der Waals surface area contributed by atoms with Crippen molar-refractivity contribution < 1.29 is 0 Å². The maximum atomic E-state index is 2.41. The molecule has 2 aromatic carbocycles. The van der Waals surface area contributed by atoms with E-state index in [9.17, 15) is 0 Å². The second-order valence-electron chi connectivity index (χ2n) is 6.26. The molecule has 19 heavy (non-hydrogen) atoms. The summed E-state index contributed by atoms with van der Waals surface area (Å²) < 4.78 is 0. The third-order valence-electron chi connectivity index (χ3n) is 5.42. The van der Waals surface area contributed by atoms with Crippen LogP contribution in [0.5, 0.6) is 0 Å². The van der Waals surface area contributed by atoms with Crippen molar-refractivity contribution in [2.75, 3.05) is 0 Å². The molecule has 0 heteroatoms. The van der Waals surface area contributed by atoms with Crippen molar-refractivity contribution in [1.82, 2.24) is 0 Å². The van der Waals surface area contributed by atoms with E-state index >= 15 is 0 Å². The molecule has 96 valence electrons. The minimum absolute atomic E-state index is 0.338. The number of rotatable bonds is 0. The van der Waals surface area contributed by atoms with Crippen LogP contribution in [0, 0.1) is 13.8 Å². The lowest BCUT2D eigenvalue weighted by Crippen LogP contribution is -2.20. The van der Waals surface area contributed by atoms with Crippen LogP contribution >= 0.6 is 0 Å². The summed E-state index contributed by atoms with van der Waals surface area (Å²) in [5.74, 6) is 0. The molecule has 0 unspecified atom stereocenters. The summed E-state index contributed by atoms with van der Waals surface area (Å²) in [6.07, 6.45) is 5.42. The first kappa shape index (κ1) is 11.3. The molecular weight excluding hydrogens is 228 g/mol. The molecule has 0 atom stereocenters. The largest absolute Gasteiger partial charge is 0.0619 e. The molecule has 0 heterocycles. The molecule has 0 radical (unpaired) electrons. The van der Waals surface area contributed by atoms with Gasteiger partial charge in [0.1, 0.15) is 0 Å². The highest BCUT2D eigenvalue weighted by Crippen LogP contribution is 2.57. The zero-order valence-electron chi connectivity index (χ0n) is 11.8. The van der Waals surface area contributed by atoms with Crippen molar-refractivity contribution in [1.29, 1.82) is 0 Å². The molecular formula is C19H20. The van der Waals surface area contributed by atoms with Gasteiger partial charge in [-0.2, -0.15) is 0 Å². The Morgan fingerprint density at radius 3 is 2.37 bits per heavy atom. The average molecular weight is 248 g/mol. The molecule has 0 N–H and O–H groups in total. The lowest BCUT2D eigenvalue weighted by Gasteiger charge is -2.26. The first-order valence-electron chi connectivity index (χ1n) is 7.45. The molecule has 4 rings (SSSR count). The third kappa shape index (κ3) is 1.30. The molecule has 2 aliphatic carbocycles. The summed E-state index contributed by atoms with van der Waals surface area (Å²) in [6, 6.07) is 13.8. The highest BCUT2D eigenvalue weighted by Gasteiger charge is 2.45. The molecule has 1 fully saturated rings. The van der Waals surface area contributed by atoms with Gasteiger partial charge in [0, 0.05) is 5.41 Å². The van der Waals surface area contributed by atoms with E-state index in [4.69, 9.17) is 0 Å². The van der Waals surface area contributed by atoms with E-state index in [2.05, 4.69) is 50.2 Å². The van der Waals surface area contributed by atoms with Gasteiger partial charge in [0.05, 0.1) is 0 Å². The first-order valence-corrected chi connectivity index (χ1v) is 7.45. The zero-order valence-corrected chi connectivity index (χ0v) is 11.8. The maximum Gasteiger partial charge on any atom is 0.0215 e. The SMILES string of the molecule is Cc1ccc2c(c1C)-c1ccccc1C21CCCC1. The van der Waals surface area contributed by atoms with E-state index in [-0.39, 0.29) is 0 Å². The van der Waals surface area contributed by atoms with Crippen LogP contribution in [-0.4, -0.2) is 0 Å². The van der Waals surface area contributed by atoms with Crippen LogP contribution in [0.15, 0.2) is 36.4 Å². The quantitative estimate of drug-likeness (QED) is 0.605. The minimum atomic E-state index is 0.338. The Bertz CT molecular complexity index is 658. The van der Waals surface area contributed by atoms with E-state index in [0.717, 1.165) is 0 Å². The van der Waals surface area contributed by atoms with E-state index in [0.29, 0.717) is 5.41 Å². The molecule has 1 saturated carbocycles. The van der Waals surface area contributed by atoms with Crippen molar-refractivity contribution in [2.24, 2.45) is 0 Å². The van der Waals surface area contributed by atoms with Crippen LogP contribution in [0.25, 0.3) is 11.1 Å². The number of aryl methyl sites for hydroxylation is 1. The standard InChI is InChI=1S/C19H20/c1-13-9-10-17-18(14(13)2)15-7-3-4-8-16(15)19(17)11-5-6-12-19/h3-4,7-10H,5-6,11-12H2,1-2H3. The van der Waals surface area contributed by atoms with Crippen LogP contribution in [0.1, 0.15) is 47.9 Å². The summed E-state index contributed by atoms with van der Waals surface area (Å²) in [5, 5.41) is 0. The Balaban J connectivity index is 2.12. The van der Waals surface area contributed by atoms with E-state index < -0.39 is 0 Å². The average Bonchev–Trinajstić information content (AvgIpc) is 3.01. The fourth-order valence-electron chi connectivity index (χ4n) is 4.34. The van der Waals surface area contributed by atoms with Gasteiger partial charge in [-0.25, -0.2) is 0 Å². The molecule has 0 bridgehead atoms. The van der Waals surface area contributed by atoms with Gasteiger partial charge in [-0.3, -0.25) is 0 Å². The Kier molecular flexibility index (Phi) is 2.21. The van der Waals surface area contributed by atoms with Gasteiger partial charge < -0.3 is 0 Å². The number of hydrogen-bond donors (Lipinski definition) is 0. The van der Waals surface area contributed by atoms with Gasteiger partial charge in [-0.05, 0) is 60.1 Å². The highest BCUT2D eigenvalue weighted by atomic mass is 14.5. The second-order valence-corrected chi connectivity index (χ2v) is 6.26. The second kappa shape index (κ2) is 3.72. The van der Waals surface area contributed by atoms with Crippen LogP contribution in [-0.2, 0) is 5.41 Å². The topological polar surface area (TPSA) is 0 Å². The fourth-order valence-corrected chi connectivity index (χ4v) is 4.34. The molecule has 0 aliphatic heterocycles. The van der Waals surface area contributed by atoms with Gasteiger partial charge >= 0.3 is 0 Å². The molecule has 0 saturated heterocycles. The van der Waals surface area contributed by atoms with Gasteiger partial charge in [0.25, 0.3) is 0 Å². The summed E-state index contributed by atoms with van der Waals surface area (Å²) in [5.41, 5.74) is 9.48. The lowest BCUT2D eigenvalue weighted by molar-refractivity contribution is 0.549. The van der Waals surface area contributed by atoms with Crippen molar-refractivity contribution in [3.63, 3.8) is 0 Å². The Morgan fingerprint density at radius 1 is 0.842 bits per heavy atom. The van der Waals surface area contributed by atoms with Crippen molar-refractivity contribution in [2.45, 2.75) is 44.9 Å². The maximum absolute atomic E-state index is 2.41. The zero-order chi connectivity index (χ0) is 13.0. The number of hydrogen-bond acceptors (Lipinski definition) is 0. The van der Waals surface area contributed by atoms with Crippen molar-refractivity contribution in [3.8, 4) is 11.1 Å². The monoisotopic (exact) mass is 248 g/mol. The highest BCUT2D eigenvalue weighted by molar-refractivity contribution is 5.84. The summed E-state index contributed by atoms with van der Waals surface area (Å²) in [4.78, 5) is 0. The molecule has 1 spiro atoms. The predicted octanol–water partition coefficient (Wildman–Crippen LogP) is 5.14. The normalized spacial score (nSPS) is 18.6. The predicted molar refractivity (Wildman–Crippen MR) is 80.6 cm³/mol. The molecule has 2 aliphatic rings. The smallest absolute Gasteiger partial charge is 0.0215 e. The molecule has 0 amide bonds. The van der Waals surface area contributed by atoms with E-state index in [1.54, 1.807) is 11.1 Å². The summed E-state index contributed by atoms with van der Waals surface area (Å²) in [7, 11) is 0. The van der Waals surface area contributed by atoms with Gasteiger partial charge in [0.2, 0.25) is 0 Å². The molecule has 0 nitrogen and oxygen atoms in total. The van der Waals surface area contributed by atoms with Crippen LogP contribution in [0.2, 0.25) is 0 Å². The summed E-state index contributed by atoms with van der Waals surface area (Å²) in [6.45, 7) is 4.52. The Hall–Kier alpha value is -1.56. The van der Waals surface area contributed by atoms with Crippen LogP contribution < -0.4 is 0 Å². The van der Waals surface area contributed by atoms with E-state index in [1.807, 2.05) is 0 Å². The minimum Gasteiger partial charge on any atom is -0.0619 e. The third-order valence-corrected chi connectivity index (χ3v) is 5.42. The van der Waals surface area contributed by atoms with Gasteiger partial charge in [-0.15, -0.1) is 0 Å². The Labute approximate surface area is 115 Å². The van der Waals surface area contributed by atoms with E-state index in [1.165, 1.54) is 47.9 Å². The summed E-state index contributed by atoms with van der Waals surface area (Å²) >= 11 is 0. The van der Waals surface area contributed by atoms with Crippen LogP contribution in [0.3, 0.4) is 0 Å². The fraction of sp³-hybridized carbons (Fsp3) is 0.368. The first-order chi connectivity index (χ1) is 9.24. The number of fused-ring (bicyclic) bond motifs is 5. The van der Waals surface area contributed by atoms with Gasteiger partial charge in [-0.1, -0.05) is 49.2 Å². The van der Waals surface area contributed by atoms with Crippen molar-refractivity contribution in [3.05, 3.63) is 58.7 Å². The van der Waals surface area contributed by atoms with Crippen molar-refractivity contribution >= 4 is 0 Å².